The lowest BCUT2D eigenvalue weighted by Gasteiger charge is -2.19. The van der Waals surface area contributed by atoms with E-state index in [0.29, 0.717) is 0 Å². The normalized spacial score (nSPS) is 15.1. The number of aromatic hydroxyl groups is 1. The molecule has 0 bridgehead atoms. The molecule has 0 fully saturated rings. The van der Waals surface area contributed by atoms with E-state index in [2.05, 4.69) is 5.32 Å². The number of hydrogen-bond acceptors (Lipinski definition) is 3. The van der Waals surface area contributed by atoms with Crippen LogP contribution in [0.25, 0.3) is 0 Å². The number of phenols is 1. The molecule has 1 aromatic carbocycles. The van der Waals surface area contributed by atoms with Gasteiger partial charge in [-0.25, -0.2) is 0 Å². The number of aliphatic hydroxyl groups excluding tert-OH is 1. The van der Waals surface area contributed by atoms with Gasteiger partial charge in [-0.15, -0.1) is 0 Å². The Kier molecular flexibility index (Phi) is 3.92. The number of para-hydroxylation sites is 1. The second kappa shape index (κ2) is 4.98. The van der Waals surface area contributed by atoms with Crippen LogP contribution in [0.15, 0.2) is 24.3 Å². The van der Waals surface area contributed by atoms with Crippen molar-refractivity contribution in [2.24, 2.45) is 0 Å². The van der Waals surface area contributed by atoms with Gasteiger partial charge in [0.25, 0.3) is 0 Å². The standard InChI is InChI=1S/C11H17NO2/c1-8(7-13)12-9(2)10-5-3-4-6-11(10)14/h3-6,8-9,12-14H,7H2,1-2H3. The molecule has 78 valence electrons. The topological polar surface area (TPSA) is 52.5 Å². The van der Waals surface area contributed by atoms with Crippen molar-refractivity contribution >= 4 is 0 Å². The quantitative estimate of drug-likeness (QED) is 0.681. The molecule has 0 radical (unpaired) electrons. The van der Waals surface area contributed by atoms with Gasteiger partial charge < -0.3 is 15.5 Å². The first-order valence-corrected chi connectivity index (χ1v) is 4.80. The van der Waals surface area contributed by atoms with E-state index in [4.69, 9.17) is 5.11 Å². The molecule has 0 heterocycles. The maximum absolute atomic E-state index is 9.56. The van der Waals surface area contributed by atoms with Gasteiger partial charge in [0.1, 0.15) is 5.75 Å². The second-order valence-electron chi connectivity index (χ2n) is 3.53. The molecule has 3 heteroatoms. The van der Waals surface area contributed by atoms with Gasteiger partial charge in [0.05, 0.1) is 6.61 Å². The highest BCUT2D eigenvalue weighted by molar-refractivity contribution is 5.34. The van der Waals surface area contributed by atoms with E-state index in [1.54, 1.807) is 12.1 Å². The lowest BCUT2D eigenvalue weighted by molar-refractivity contribution is 0.242. The molecule has 0 aromatic heterocycles. The monoisotopic (exact) mass is 195 g/mol. The zero-order valence-corrected chi connectivity index (χ0v) is 8.57. The molecule has 14 heavy (non-hydrogen) atoms. The highest BCUT2D eigenvalue weighted by Crippen LogP contribution is 2.23. The van der Waals surface area contributed by atoms with E-state index in [1.807, 2.05) is 26.0 Å². The molecular weight excluding hydrogens is 178 g/mol. The van der Waals surface area contributed by atoms with Gasteiger partial charge >= 0.3 is 0 Å². The van der Waals surface area contributed by atoms with E-state index in [1.165, 1.54) is 0 Å². The average molecular weight is 195 g/mol. The third-order valence-corrected chi connectivity index (χ3v) is 2.21. The van der Waals surface area contributed by atoms with Crippen molar-refractivity contribution in [1.29, 1.82) is 0 Å². The zero-order chi connectivity index (χ0) is 10.6. The Labute approximate surface area is 84.4 Å². The molecule has 0 saturated heterocycles. The van der Waals surface area contributed by atoms with Crippen molar-refractivity contribution in [1.82, 2.24) is 5.32 Å². The summed E-state index contributed by atoms with van der Waals surface area (Å²) in [6.07, 6.45) is 0. The molecule has 1 rings (SSSR count). The first-order valence-electron chi connectivity index (χ1n) is 4.80. The summed E-state index contributed by atoms with van der Waals surface area (Å²) >= 11 is 0. The predicted octanol–water partition coefficient (Wildman–Crippen LogP) is 1.42. The highest BCUT2D eigenvalue weighted by Gasteiger charge is 2.11. The van der Waals surface area contributed by atoms with Gasteiger partial charge in [-0.05, 0) is 19.9 Å². The molecule has 0 amide bonds. The van der Waals surface area contributed by atoms with E-state index >= 15 is 0 Å². The number of phenolic OH excluding ortho intramolecular Hbond substituents is 1. The van der Waals surface area contributed by atoms with Crippen LogP contribution in [0.3, 0.4) is 0 Å². The van der Waals surface area contributed by atoms with Crippen LogP contribution >= 0.6 is 0 Å². The molecule has 0 aliphatic heterocycles. The largest absolute Gasteiger partial charge is 0.508 e. The van der Waals surface area contributed by atoms with Crippen LogP contribution in [-0.2, 0) is 0 Å². The molecular formula is C11H17NO2. The van der Waals surface area contributed by atoms with Crippen molar-refractivity contribution in [2.45, 2.75) is 25.9 Å². The van der Waals surface area contributed by atoms with Crippen LogP contribution < -0.4 is 5.32 Å². The smallest absolute Gasteiger partial charge is 0.120 e. The zero-order valence-electron chi connectivity index (χ0n) is 8.57. The van der Waals surface area contributed by atoms with Crippen molar-refractivity contribution < 1.29 is 10.2 Å². The van der Waals surface area contributed by atoms with E-state index in [0.717, 1.165) is 5.56 Å². The minimum atomic E-state index is 0.0320. The predicted molar refractivity (Wildman–Crippen MR) is 56.2 cm³/mol. The van der Waals surface area contributed by atoms with Crippen LogP contribution in [0.4, 0.5) is 0 Å². The van der Waals surface area contributed by atoms with Gasteiger partial charge in [0.2, 0.25) is 0 Å². The lowest BCUT2D eigenvalue weighted by Crippen LogP contribution is -2.31. The summed E-state index contributed by atoms with van der Waals surface area (Å²) in [6.45, 7) is 3.95. The van der Waals surface area contributed by atoms with Crippen molar-refractivity contribution in [3.8, 4) is 5.75 Å². The molecule has 0 aliphatic carbocycles. The number of benzene rings is 1. The maximum atomic E-state index is 9.56. The fraction of sp³-hybridized carbons (Fsp3) is 0.455. The number of nitrogens with one attached hydrogen (secondary N) is 1. The number of aliphatic hydroxyl groups is 1. The molecule has 2 atom stereocenters. The lowest BCUT2D eigenvalue weighted by atomic mass is 10.1. The Bertz CT molecular complexity index is 288. The highest BCUT2D eigenvalue weighted by atomic mass is 16.3. The van der Waals surface area contributed by atoms with Gasteiger partial charge in [0, 0.05) is 17.6 Å². The van der Waals surface area contributed by atoms with Crippen molar-refractivity contribution in [3.63, 3.8) is 0 Å². The van der Waals surface area contributed by atoms with Crippen molar-refractivity contribution in [2.75, 3.05) is 6.61 Å². The van der Waals surface area contributed by atoms with Gasteiger partial charge in [-0.1, -0.05) is 18.2 Å². The Morgan fingerprint density at radius 1 is 1.29 bits per heavy atom. The Morgan fingerprint density at radius 3 is 2.50 bits per heavy atom. The Morgan fingerprint density at radius 2 is 1.93 bits per heavy atom. The van der Waals surface area contributed by atoms with Gasteiger partial charge in [-0.3, -0.25) is 0 Å². The van der Waals surface area contributed by atoms with E-state index < -0.39 is 0 Å². The van der Waals surface area contributed by atoms with Crippen LogP contribution in [0.5, 0.6) is 5.75 Å². The first-order chi connectivity index (χ1) is 6.65. The molecule has 3 nitrogen and oxygen atoms in total. The minimum absolute atomic E-state index is 0.0320. The average Bonchev–Trinajstić information content (AvgIpc) is 2.18. The summed E-state index contributed by atoms with van der Waals surface area (Å²) in [5.74, 6) is 0.289. The molecule has 1 aromatic rings. The SMILES string of the molecule is CC(CO)NC(C)c1ccccc1O. The number of hydrogen-bond donors (Lipinski definition) is 3. The third kappa shape index (κ3) is 2.72. The summed E-state index contributed by atoms with van der Waals surface area (Å²) in [5, 5.41) is 21.6. The fourth-order valence-electron chi connectivity index (χ4n) is 1.42. The molecule has 3 N–H and O–H groups in total. The Balaban J connectivity index is 2.69. The summed E-state index contributed by atoms with van der Waals surface area (Å²) < 4.78 is 0. The third-order valence-electron chi connectivity index (χ3n) is 2.21. The molecule has 0 saturated carbocycles. The first kappa shape index (κ1) is 11.0. The van der Waals surface area contributed by atoms with Crippen LogP contribution in [-0.4, -0.2) is 22.9 Å². The van der Waals surface area contributed by atoms with Gasteiger partial charge in [-0.2, -0.15) is 0 Å². The summed E-state index contributed by atoms with van der Waals surface area (Å²) in [5.41, 5.74) is 0.854. The minimum Gasteiger partial charge on any atom is -0.508 e. The van der Waals surface area contributed by atoms with Crippen LogP contribution in [0, 0.1) is 0 Å². The summed E-state index contributed by atoms with van der Waals surface area (Å²) in [4.78, 5) is 0. The van der Waals surface area contributed by atoms with Gasteiger partial charge in [0.15, 0.2) is 0 Å². The summed E-state index contributed by atoms with van der Waals surface area (Å²) in [7, 11) is 0. The van der Waals surface area contributed by atoms with E-state index in [9.17, 15) is 5.11 Å². The molecule has 0 spiro atoms. The van der Waals surface area contributed by atoms with Crippen LogP contribution in [0.1, 0.15) is 25.5 Å². The maximum Gasteiger partial charge on any atom is 0.120 e. The molecule has 2 unspecified atom stereocenters. The molecule has 0 aliphatic rings. The van der Waals surface area contributed by atoms with E-state index in [-0.39, 0.29) is 24.4 Å². The van der Waals surface area contributed by atoms with Crippen LogP contribution in [0.2, 0.25) is 0 Å². The van der Waals surface area contributed by atoms with Crippen molar-refractivity contribution in [3.05, 3.63) is 29.8 Å². The fourth-order valence-corrected chi connectivity index (χ4v) is 1.42. The second-order valence-corrected chi connectivity index (χ2v) is 3.53. The number of rotatable bonds is 4. The summed E-state index contributed by atoms with van der Waals surface area (Å²) in [6, 6.07) is 7.29. The Hall–Kier alpha value is -1.06.